The maximum Gasteiger partial charge on any atom is 0.253 e. The largest absolute Gasteiger partial charge is 0.419 e. The third kappa shape index (κ3) is 3.22. The molecule has 1 aromatic carbocycles. The summed E-state index contributed by atoms with van der Waals surface area (Å²) in [5.41, 5.74) is 2.48. The van der Waals surface area contributed by atoms with Gasteiger partial charge in [-0.1, -0.05) is 41.9 Å². The molecule has 0 unspecified atom stereocenters. The van der Waals surface area contributed by atoms with Crippen LogP contribution < -0.4 is 0 Å². The number of hydrogen-bond acceptors (Lipinski definition) is 6. The van der Waals surface area contributed by atoms with Crippen molar-refractivity contribution < 1.29 is 8.94 Å². The maximum atomic E-state index is 5.96. The summed E-state index contributed by atoms with van der Waals surface area (Å²) < 4.78 is 11.4. The number of nitrogens with zero attached hydrogens (tertiary/aromatic N) is 4. The summed E-state index contributed by atoms with van der Waals surface area (Å²) in [6.45, 7) is 5.90. The molecule has 0 N–H and O–H groups in total. The van der Waals surface area contributed by atoms with Gasteiger partial charge < -0.3 is 8.94 Å². The van der Waals surface area contributed by atoms with E-state index in [1.165, 1.54) is 19.3 Å². The van der Waals surface area contributed by atoms with Crippen LogP contribution in [0, 0.1) is 6.92 Å². The van der Waals surface area contributed by atoms with Gasteiger partial charge in [-0.25, -0.2) is 0 Å². The van der Waals surface area contributed by atoms with Gasteiger partial charge in [-0.3, -0.25) is 4.90 Å². The van der Waals surface area contributed by atoms with E-state index >= 15 is 0 Å². The van der Waals surface area contributed by atoms with Crippen LogP contribution in [-0.2, 0) is 6.54 Å². The molecule has 3 heterocycles. The van der Waals surface area contributed by atoms with Crippen molar-refractivity contribution >= 4 is 0 Å². The summed E-state index contributed by atoms with van der Waals surface area (Å²) in [4.78, 5) is 2.40. The van der Waals surface area contributed by atoms with Crippen molar-refractivity contribution in [2.75, 3.05) is 6.54 Å². The molecular weight excluding hydrogens is 316 g/mol. The lowest BCUT2D eigenvalue weighted by molar-refractivity contribution is 0.139. The zero-order chi connectivity index (χ0) is 17.2. The van der Waals surface area contributed by atoms with Gasteiger partial charge in [-0.05, 0) is 33.2 Å². The molecule has 1 atom stereocenters. The molecule has 1 fully saturated rings. The second-order valence-electron chi connectivity index (χ2n) is 6.64. The van der Waals surface area contributed by atoms with Crippen molar-refractivity contribution in [3.63, 3.8) is 0 Å². The Balaban J connectivity index is 1.61. The minimum Gasteiger partial charge on any atom is -0.419 e. The molecule has 1 aliphatic rings. The second kappa shape index (κ2) is 6.80. The lowest BCUT2D eigenvalue weighted by Crippen LogP contribution is -2.36. The molecule has 25 heavy (non-hydrogen) atoms. The van der Waals surface area contributed by atoms with Gasteiger partial charge >= 0.3 is 0 Å². The number of likely N-dealkylation sites (tertiary alicyclic amines) is 1. The highest BCUT2D eigenvalue weighted by molar-refractivity contribution is 5.77. The van der Waals surface area contributed by atoms with Crippen LogP contribution in [0.4, 0.5) is 0 Å². The van der Waals surface area contributed by atoms with Crippen LogP contribution in [-0.4, -0.2) is 32.8 Å². The topological polar surface area (TPSA) is 68.2 Å². The predicted molar refractivity (Wildman–Crippen MR) is 93.7 cm³/mol. The van der Waals surface area contributed by atoms with Crippen LogP contribution in [0.3, 0.4) is 0 Å². The van der Waals surface area contributed by atoms with Gasteiger partial charge in [0.2, 0.25) is 5.89 Å². The standard InChI is InChI=1S/C19H22N4O2/c1-13-8-6-7-11-23(13)12-16-20-21-19(24-16)17-14(2)25-22-18(17)15-9-4-3-5-10-15/h3-5,9-10,13H,6-8,11-12H2,1-2H3/t13-/m1/s1. The fourth-order valence-electron chi connectivity index (χ4n) is 3.40. The molecule has 6 nitrogen and oxygen atoms in total. The molecule has 0 amide bonds. The van der Waals surface area contributed by atoms with Gasteiger partial charge in [-0.15, -0.1) is 10.2 Å². The SMILES string of the molecule is Cc1onc(-c2ccccc2)c1-c1nnc(CN2CCCC[C@H]2C)o1. The lowest BCUT2D eigenvalue weighted by atomic mass is 10.0. The van der Waals surface area contributed by atoms with E-state index in [2.05, 4.69) is 27.2 Å². The van der Waals surface area contributed by atoms with Gasteiger partial charge in [0, 0.05) is 11.6 Å². The summed E-state index contributed by atoms with van der Waals surface area (Å²) in [5.74, 6) is 1.79. The molecule has 130 valence electrons. The van der Waals surface area contributed by atoms with Crippen LogP contribution in [0.1, 0.15) is 37.8 Å². The Hall–Kier alpha value is -2.47. The van der Waals surface area contributed by atoms with Crippen LogP contribution in [0.5, 0.6) is 0 Å². The molecule has 0 radical (unpaired) electrons. The Morgan fingerprint density at radius 3 is 2.80 bits per heavy atom. The molecule has 6 heteroatoms. The van der Waals surface area contributed by atoms with E-state index in [9.17, 15) is 0 Å². The third-order valence-corrected chi connectivity index (χ3v) is 4.87. The van der Waals surface area contributed by atoms with Gasteiger partial charge in [0.25, 0.3) is 5.89 Å². The fraction of sp³-hybridized carbons (Fsp3) is 0.421. The average molecular weight is 338 g/mol. The molecule has 1 saturated heterocycles. The van der Waals surface area contributed by atoms with Gasteiger partial charge in [0.05, 0.1) is 6.54 Å². The highest BCUT2D eigenvalue weighted by Gasteiger charge is 2.24. The maximum absolute atomic E-state index is 5.96. The molecule has 0 aliphatic carbocycles. The molecule has 0 spiro atoms. The average Bonchev–Trinajstić information content (AvgIpc) is 3.24. The van der Waals surface area contributed by atoms with Crippen LogP contribution in [0.2, 0.25) is 0 Å². The number of piperidine rings is 1. The number of aromatic nitrogens is 3. The molecular formula is C19H22N4O2. The molecule has 3 aromatic rings. The van der Waals surface area contributed by atoms with Gasteiger partial charge in [0.1, 0.15) is 17.0 Å². The molecule has 2 aromatic heterocycles. The van der Waals surface area contributed by atoms with E-state index in [1.807, 2.05) is 37.3 Å². The Morgan fingerprint density at radius 1 is 1.16 bits per heavy atom. The van der Waals surface area contributed by atoms with Crippen LogP contribution in [0.25, 0.3) is 22.7 Å². The first kappa shape index (κ1) is 16.0. The summed E-state index contributed by atoms with van der Waals surface area (Å²) >= 11 is 0. The lowest BCUT2D eigenvalue weighted by Gasteiger charge is -2.31. The quantitative estimate of drug-likeness (QED) is 0.714. The summed E-state index contributed by atoms with van der Waals surface area (Å²) in [5, 5.41) is 12.7. The third-order valence-electron chi connectivity index (χ3n) is 4.87. The van der Waals surface area contributed by atoms with E-state index in [1.54, 1.807) is 0 Å². The Morgan fingerprint density at radius 2 is 2.00 bits per heavy atom. The van der Waals surface area contributed by atoms with E-state index in [4.69, 9.17) is 8.94 Å². The fourth-order valence-corrected chi connectivity index (χ4v) is 3.40. The minimum absolute atomic E-state index is 0.470. The number of aryl methyl sites for hydroxylation is 1. The van der Waals surface area contributed by atoms with E-state index in [-0.39, 0.29) is 0 Å². The first-order valence-electron chi connectivity index (χ1n) is 8.81. The Bertz CT molecular complexity index is 840. The van der Waals surface area contributed by atoms with Gasteiger partial charge in [-0.2, -0.15) is 0 Å². The molecule has 4 rings (SSSR count). The van der Waals surface area contributed by atoms with Gasteiger partial charge in [0.15, 0.2) is 0 Å². The Kier molecular flexibility index (Phi) is 4.36. The van der Waals surface area contributed by atoms with Crippen molar-refractivity contribution in [1.29, 1.82) is 0 Å². The highest BCUT2D eigenvalue weighted by Crippen LogP contribution is 2.33. The number of hydrogen-bond donors (Lipinski definition) is 0. The Labute approximate surface area is 146 Å². The summed E-state index contributed by atoms with van der Waals surface area (Å²) in [6, 6.07) is 10.5. The predicted octanol–water partition coefficient (Wildman–Crippen LogP) is 4.07. The van der Waals surface area contributed by atoms with E-state index < -0.39 is 0 Å². The highest BCUT2D eigenvalue weighted by atomic mass is 16.5. The minimum atomic E-state index is 0.470. The normalized spacial score (nSPS) is 18.6. The van der Waals surface area contributed by atoms with Crippen molar-refractivity contribution in [2.24, 2.45) is 0 Å². The first-order chi connectivity index (χ1) is 12.2. The molecule has 0 saturated carbocycles. The van der Waals surface area contributed by atoms with E-state index in [0.29, 0.717) is 30.1 Å². The van der Waals surface area contributed by atoms with Crippen molar-refractivity contribution in [2.45, 2.75) is 45.7 Å². The molecule has 0 bridgehead atoms. The first-order valence-corrected chi connectivity index (χ1v) is 8.81. The smallest absolute Gasteiger partial charge is 0.253 e. The monoisotopic (exact) mass is 338 g/mol. The van der Waals surface area contributed by atoms with Crippen molar-refractivity contribution in [3.8, 4) is 22.7 Å². The van der Waals surface area contributed by atoms with Crippen LogP contribution >= 0.6 is 0 Å². The molecule has 1 aliphatic heterocycles. The second-order valence-corrected chi connectivity index (χ2v) is 6.64. The van der Waals surface area contributed by atoms with Crippen molar-refractivity contribution in [1.82, 2.24) is 20.3 Å². The summed E-state index contributed by atoms with van der Waals surface area (Å²) in [7, 11) is 0. The van der Waals surface area contributed by atoms with Crippen molar-refractivity contribution in [3.05, 3.63) is 42.0 Å². The zero-order valence-corrected chi connectivity index (χ0v) is 14.6. The van der Waals surface area contributed by atoms with E-state index in [0.717, 1.165) is 23.4 Å². The zero-order valence-electron chi connectivity index (χ0n) is 14.6. The number of rotatable bonds is 4. The summed E-state index contributed by atoms with van der Waals surface area (Å²) in [6.07, 6.45) is 3.76. The van der Waals surface area contributed by atoms with Crippen LogP contribution in [0.15, 0.2) is 39.3 Å². The number of benzene rings is 1.